The van der Waals surface area contributed by atoms with Crippen molar-refractivity contribution >= 4 is 23.4 Å². The molecule has 23 heavy (non-hydrogen) atoms. The lowest BCUT2D eigenvalue weighted by atomic mass is 9.89. The van der Waals surface area contributed by atoms with E-state index < -0.39 is 0 Å². The van der Waals surface area contributed by atoms with Crippen LogP contribution in [0.25, 0.3) is 0 Å². The van der Waals surface area contributed by atoms with Crippen LogP contribution in [-0.4, -0.2) is 29.2 Å². The lowest BCUT2D eigenvalue weighted by Gasteiger charge is -2.25. The van der Waals surface area contributed by atoms with Crippen molar-refractivity contribution < 1.29 is 14.4 Å². The lowest BCUT2D eigenvalue weighted by Crippen LogP contribution is -2.35. The maximum absolute atomic E-state index is 12.6. The molecule has 1 N–H and O–H groups in total. The number of amides is 3. The van der Waals surface area contributed by atoms with Crippen LogP contribution < -0.4 is 5.32 Å². The smallest absolute Gasteiger partial charge is 0.261 e. The largest absolute Gasteiger partial charge is 0.326 e. The third-order valence-electron chi connectivity index (χ3n) is 4.74. The Bertz CT molecular complexity index is 648. The maximum atomic E-state index is 12.6. The van der Waals surface area contributed by atoms with E-state index in [4.69, 9.17) is 0 Å². The Morgan fingerprint density at radius 1 is 1.13 bits per heavy atom. The Kier molecular flexibility index (Phi) is 4.46. The quantitative estimate of drug-likeness (QED) is 0.868. The first kappa shape index (κ1) is 15.7. The van der Waals surface area contributed by atoms with Gasteiger partial charge in [-0.25, -0.2) is 0 Å². The molecular weight excluding hydrogens is 292 g/mol. The van der Waals surface area contributed by atoms with Crippen molar-refractivity contribution in [2.45, 2.75) is 45.4 Å². The van der Waals surface area contributed by atoms with Gasteiger partial charge in [-0.2, -0.15) is 0 Å². The molecule has 1 fully saturated rings. The standard InChI is InChI=1S/C18H22N2O3/c1-2-16(21)19-13-8-9-14-15(10-13)18(23)20(17(14)22)11-12-6-4-3-5-7-12/h8-10,12H,2-7,11H2,1H3,(H,19,21). The molecule has 1 aliphatic heterocycles. The van der Waals surface area contributed by atoms with Crippen LogP contribution in [-0.2, 0) is 4.79 Å². The SMILES string of the molecule is CCC(=O)Nc1ccc2c(c1)C(=O)N(CC1CCCCC1)C2=O. The van der Waals surface area contributed by atoms with Crippen LogP contribution in [0.5, 0.6) is 0 Å². The van der Waals surface area contributed by atoms with E-state index in [1.165, 1.54) is 24.2 Å². The molecule has 0 unspecified atom stereocenters. The van der Waals surface area contributed by atoms with Gasteiger partial charge in [0, 0.05) is 18.7 Å². The highest BCUT2D eigenvalue weighted by Crippen LogP contribution is 2.30. The molecule has 5 nitrogen and oxygen atoms in total. The minimum atomic E-state index is -0.233. The summed E-state index contributed by atoms with van der Waals surface area (Å²) in [6.45, 7) is 2.28. The molecule has 2 aliphatic rings. The highest BCUT2D eigenvalue weighted by atomic mass is 16.2. The Hall–Kier alpha value is -2.17. The average molecular weight is 314 g/mol. The fourth-order valence-electron chi connectivity index (χ4n) is 3.41. The zero-order valence-corrected chi connectivity index (χ0v) is 13.4. The van der Waals surface area contributed by atoms with E-state index in [1.807, 2.05) is 0 Å². The molecule has 1 aliphatic carbocycles. The Morgan fingerprint density at radius 2 is 1.83 bits per heavy atom. The fourth-order valence-corrected chi connectivity index (χ4v) is 3.41. The van der Waals surface area contributed by atoms with Gasteiger partial charge in [0.2, 0.25) is 5.91 Å². The Labute approximate surface area is 136 Å². The van der Waals surface area contributed by atoms with Crippen molar-refractivity contribution in [1.82, 2.24) is 4.90 Å². The van der Waals surface area contributed by atoms with Crippen LogP contribution in [0.4, 0.5) is 5.69 Å². The van der Waals surface area contributed by atoms with E-state index in [1.54, 1.807) is 25.1 Å². The molecule has 0 aromatic heterocycles. The predicted molar refractivity (Wildman–Crippen MR) is 87.3 cm³/mol. The van der Waals surface area contributed by atoms with Gasteiger partial charge in [-0.1, -0.05) is 26.2 Å². The first-order valence-corrected chi connectivity index (χ1v) is 8.40. The number of rotatable bonds is 4. The first-order valence-electron chi connectivity index (χ1n) is 8.40. The van der Waals surface area contributed by atoms with E-state index in [9.17, 15) is 14.4 Å². The monoisotopic (exact) mass is 314 g/mol. The second kappa shape index (κ2) is 6.52. The van der Waals surface area contributed by atoms with Crippen molar-refractivity contribution in [2.24, 2.45) is 5.92 Å². The first-order chi connectivity index (χ1) is 11.1. The van der Waals surface area contributed by atoms with E-state index in [0.29, 0.717) is 35.7 Å². The fraction of sp³-hybridized carbons (Fsp3) is 0.500. The lowest BCUT2D eigenvalue weighted by molar-refractivity contribution is -0.115. The third-order valence-corrected chi connectivity index (χ3v) is 4.74. The molecule has 1 aromatic rings. The van der Waals surface area contributed by atoms with Crippen LogP contribution in [0, 0.1) is 5.92 Å². The number of imide groups is 1. The van der Waals surface area contributed by atoms with Gasteiger partial charge in [0.05, 0.1) is 11.1 Å². The number of carbonyl (C=O) groups excluding carboxylic acids is 3. The van der Waals surface area contributed by atoms with Crippen LogP contribution in [0.15, 0.2) is 18.2 Å². The number of carbonyl (C=O) groups is 3. The van der Waals surface area contributed by atoms with Crippen LogP contribution in [0.3, 0.4) is 0 Å². The van der Waals surface area contributed by atoms with E-state index in [2.05, 4.69) is 5.32 Å². The minimum Gasteiger partial charge on any atom is -0.326 e. The van der Waals surface area contributed by atoms with Crippen molar-refractivity contribution in [3.63, 3.8) is 0 Å². The highest BCUT2D eigenvalue weighted by molar-refractivity contribution is 6.21. The summed E-state index contributed by atoms with van der Waals surface area (Å²) in [5.74, 6) is -0.127. The molecule has 0 saturated heterocycles. The van der Waals surface area contributed by atoms with Crippen molar-refractivity contribution in [3.8, 4) is 0 Å². The molecule has 0 bridgehead atoms. The third kappa shape index (κ3) is 3.14. The van der Waals surface area contributed by atoms with E-state index in [-0.39, 0.29) is 17.7 Å². The number of benzene rings is 1. The van der Waals surface area contributed by atoms with Gasteiger partial charge in [-0.15, -0.1) is 0 Å². The topological polar surface area (TPSA) is 66.5 Å². The summed E-state index contributed by atoms with van der Waals surface area (Å²) < 4.78 is 0. The van der Waals surface area contributed by atoms with Gasteiger partial charge < -0.3 is 5.32 Å². The maximum Gasteiger partial charge on any atom is 0.261 e. The summed E-state index contributed by atoms with van der Waals surface area (Å²) in [5, 5.41) is 2.73. The molecule has 0 spiro atoms. The summed E-state index contributed by atoms with van der Waals surface area (Å²) in [5.41, 5.74) is 1.41. The number of nitrogens with one attached hydrogen (secondary N) is 1. The van der Waals surface area contributed by atoms with Crippen LogP contribution in [0.2, 0.25) is 0 Å². The van der Waals surface area contributed by atoms with Gasteiger partial charge in [0.25, 0.3) is 11.8 Å². The van der Waals surface area contributed by atoms with E-state index in [0.717, 1.165) is 12.8 Å². The number of fused-ring (bicyclic) bond motifs is 1. The summed E-state index contributed by atoms with van der Waals surface area (Å²) in [6, 6.07) is 4.94. The van der Waals surface area contributed by atoms with Gasteiger partial charge in [0.15, 0.2) is 0 Å². The van der Waals surface area contributed by atoms with Crippen LogP contribution >= 0.6 is 0 Å². The number of hydrogen-bond donors (Lipinski definition) is 1. The summed E-state index contributed by atoms with van der Waals surface area (Å²) in [6.07, 6.45) is 6.16. The molecule has 1 aromatic carbocycles. The van der Waals surface area contributed by atoms with Gasteiger partial charge in [-0.3, -0.25) is 19.3 Å². The van der Waals surface area contributed by atoms with Gasteiger partial charge in [0.1, 0.15) is 0 Å². The average Bonchev–Trinajstić information content (AvgIpc) is 2.80. The van der Waals surface area contributed by atoms with Gasteiger partial charge >= 0.3 is 0 Å². The number of nitrogens with zero attached hydrogens (tertiary/aromatic N) is 1. The second-order valence-corrected chi connectivity index (χ2v) is 6.39. The minimum absolute atomic E-state index is 0.110. The molecular formula is C18H22N2O3. The van der Waals surface area contributed by atoms with Crippen LogP contribution in [0.1, 0.15) is 66.2 Å². The van der Waals surface area contributed by atoms with Crippen molar-refractivity contribution in [1.29, 1.82) is 0 Å². The second-order valence-electron chi connectivity index (χ2n) is 6.39. The molecule has 5 heteroatoms. The predicted octanol–water partition coefficient (Wildman–Crippen LogP) is 3.21. The molecule has 1 saturated carbocycles. The Balaban J connectivity index is 1.77. The molecule has 122 valence electrons. The molecule has 3 amide bonds. The normalized spacial score (nSPS) is 18.2. The number of hydrogen-bond acceptors (Lipinski definition) is 3. The van der Waals surface area contributed by atoms with Crippen molar-refractivity contribution in [3.05, 3.63) is 29.3 Å². The zero-order valence-electron chi connectivity index (χ0n) is 13.4. The van der Waals surface area contributed by atoms with Gasteiger partial charge in [-0.05, 0) is 37.0 Å². The molecule has 0 radical (unpaired) electrons. The highest BCUT2D eigenvalue weighted by Gasteiger charge is 2.37. The van der Waals surface area contributed by atoms with E-state index >= 15 is 0 Å². The molecule has 3 rings (SSSR count). The Morgan fingerprint density at radius 3 is 2.52 bits per heavy atom. The zero-order chi connectivity index (χ0) is 16.4. The summed E-state index contributed by atoms with van der Waals surface area (Å²) >= 11 is 0. The number of anilines is 1. The molecule has 1 heterocycles. The summed E-state index contributed by atoms with van der Waals surface area (Å²) in [4.78, 5) is 37.9. The van der Waals surface area contributed by atoms with Crippen molar-refractivity contribution in [2.75, 3.05) is 11.9 Å². The summed E-state index contributed by atoms with van der Waals surface area (Å²) in [7, 11) is 0. The molecule has 0 atom stereocenters.